The van der Waals surface area contributed by atoms with Crippen LogP contribution in [-0.2, 0) is 20.9 Å². The lowest BCUT2D eigenvalue weighted by atomic mass is 10.5. The molecule has 0 aliphatic heterocycles. The van der Waals surface area contributed by atoms with Crippen molar-refractivity contribution in [3.8, 4) is 0 Å². The van der Waals surface area contributed by atoms with E-state index in [1.54, 1.807) is 0 Å². The molecule has 0 aliphatic carbocycles. The topological polar surface area (TPSA) is 18.5 Å². The molecule has 0 saturated carbocycles. The highest BCUT2D eigenvalue weighted by Gasteiger charge is 2.10. The molecule has 0 aromatic heterocycles. The van der Waals surface area contributed by atoms with Gasteiger partial charge in [0.1, 0.15) is 0 Å². The van der Waals surface area contributed by atoms with Crippen molar-refractivity contribution in [2.24, 2.45) is 0 Å². The first-order valence-electron chi connectivity index (χ1n) is 3.74. The van der Waals surface area contributed by atoms with Crippen LogP contribution in [0.2, 0.25) is 0 Å². The monoisotopic (exact) mass is 282 g/mol. The van der Waals surface area contributed by atoms with Gasteiger partial charge in [-0.05, 0) is 24.6 Å². The lowest BCUT2D eigenvalue weighted by Gasteiger charge is -2.15. The maximum atomic E-state index is 5.25. The summed E-state index contributed by atoms with van der Waals surface area (Å²) in [5.41, 5.74) is -2.20. The highest BCUT2D eigenvalue weighted by atomic mass is 32.9. The average Bonchev–Trinajstić information content (AvgIpc) is 1.97. The summed E-state index contributed by atoms with van der Waals surface area (Å²) >= 11 is 9.14. The molecule has 7 heteroatoms. The summed E-state index contributed by atoms with van der Waals surface area (Å²) in [5, 5.41) is 0. The molecule has 0 fully saturated rings. The molecule has 0 aromatic rings. The van der Waals surface area contributed by atoms with Gasteiger partial charge in [-0.1, -0.05) is 26.1 Å². The lowest BCUT2D eigenvalue weighted by molar-refractivity contribution is 0.260. The van der Waals surface area contributed by atoms with Crippen molar-refractivity contribution in [2.75, 3.05) is 13.2 Å². The molecule has 0 heterocycles. The molecule has 84 valence electrons. The Hall–Kier alpha value is 1.62. The second-order valence-corrected chi connectivity index (χ2v) is 7.42. The molecule has 2 nitrogen and oxygen atoms in total. The van der Waals surface area contributed by atoms with Crippen molar-refractivity contribution in [1.29, 1.82) is 0 Å². The van der Waals surface area contributed by atoms with Gasteiger partial charge >= 0.3 is 0 Å². The SMILES string of the molecule is CCCOP(=S)(S)OCCC.S.S. The Labute approximate surface area is 105 Å². The first kappa shape index (κ1) is 20.1. The molecule has 0 unspecified atom stereocenters. The Morgan fingerprint density at radius 2 is 1.38 bits per heavy atom. The molecule has 13 heavy (non-hydrogen) atoms. The molecule has 0 amide bonds. The summed E-state index contributed by atoms with van der Waals surface area (Å²) in [6.45, 7) is 5.35. The van der Waals surface area contributed by atoms with Crippen LogP contribution in [0.4, 0.5) is 0 Å². The summed E-state index contributed by atoms with van der Waals surface area (Å²) in [4.78, 5) is 0. The van der Waals surface area contributed by atoms with Gasteiger partial charge in [-0.3, -0.25) is 0 Å². The van der Waals surface area contributed by atoms with Crippen molar-refractivity contribution in [3.63, 3.8) is 0 Å². The minimum Gasteiger partial charge on any atom is -0.322 e. The van der Waals surface area contributed by atoms with E-state index >= 15 is 0 Å². The molecular weight excluding hydrogens is 263 g/mol. The van der Waals surface area contributed by atoms with E-state index in [2.05, 4.69) is 12.2 Å². The van der Waals surface area contributed by atoms with Crippen molar-refractivity contribution < 1.29 is 9.05 Å². The van der Waals surface area contributed by atoms with Gasteiger partial charge in [-0.15, -0.1) is 0 Å². The summed E-state index contributed by atoms with van der Waals surface area (Å²) < 4.78 is 10.5. The maximum Gasteiger partial charge on any atom is 0.244 e. The Morgan fingerprint density at radius 1 is 1.08 bits per heavy atom. The lowest BCUT2D eigenvalue weighted by Crippen LogP contribution is -1.92. The standard InChI is InChI=1S/C6H15O2PS2.2H2S/c1-3-5-7-9(10,11)8-6-4-2;;/h3-6H2,1-2H3,(H,10,11);2*1H2. The Balaban J connectivity index is -0.000000500. The predicted octanol–water partition coefficient (Wildman–Crippen LogP) is 3.22. The van der Waals surface area contributed by atoms with Crippen LogP contribution in [0.25, 0.3) is 0 Å². The largest absolute Gasteiger partial charge is 0.322 e. The van der Waals surface area contributed by atoms with Gasteiger partial charge in [0.15, 0.2) is 0 Å². The van der Waals surface area contributed by atoms with Crippen LogP contribution < -0.4 is 0 Å². The van der Waals surface area contributed by atoms with Crippen LogP contribution in [0, 0.1) is 0 Å². The summed E-state index contributed by atoms with van der Waals surface area (Å²) in [5.74, 6) is 0. The molecular formula is C6H19O2PS4. The van der Waals surface area contributed by atoms with Gasteiger partial charge in [0.05, 0.1) is 13.2 Å². The van der Waals surface area contributed by atoms with Crippen molar-refractivity contribution in [2.45, 2.75) is 26.7 Å². The minimum atomic E-state index is -2.20. The molecule has 0 spiro atoms. The van der Waals surface area contributed by atoms with Gasteiger partial charge in [0.25, 0.3) is 0 Å². The van der Waals surface area contributed by atoms with E-state index in [9.17, 15) is 0 Å². The molecule has 0 aromatic carbocycles. The van der Waals surface area contributed by atoms with Crippen molar-refractivity contribution >= 4 is 56.7 Å². The predicted molar refractivity (Wildman–Crippen MR) is 76.5 cm³/mol. The fraction of sp³-hybridized carbons (Fsp3) is 1.00. The fourth-order valence-corrected chi connectivity index (χ4v) is 2.29. The van der Waals surface area contributed by atoms with E-state index in [4.69, 9.17) is 20.9 Å². The van der Waals surface area contributed by atoms with Gasteiger partial charge in [-0.25, -0.2) is 0 Å². The Bertz CT molecular complexity index is 133. The average molecular weight is 282 g/mol. The van der Waals surface area contributed by atoms with E-state index in [0.29, 0.717) is 13.2 Å². The number of thiol groups is 1. The zero-order valence-corrected chi connectivity index (χ0v) is 12.6. The summed E-state index contributed by atoms with van der Waals surface area (Å²) in [7, 11) is 0. The third-order valence-corrected chi connectivity index (χ3v) is 3.26. The van der Waals surface area contributed by atoms with Crippen LogP contribution in [-0.4, -0.2) is 13.2 Å². The Kier molecular flexibility index (Phi) is 18.1. The van der Waals surface area contributed by atoms with Crippen molar-refractivity contribution in [1.82, 2.24) is 0 Å². The summed E-state index contributed by atoms with van der Waals surface area (Å²) in [6.07, 6.45) is 1.91. The smallest absolute Gasteiger partial charge is 0.244 e. The first-order chi connectivity index (χ1) is 5.12. The molecule has 0 radical (unpaired) electrons. The maximum absolute atomic E-state index is 5.25. The van der Waals surface area contributed by atoms with E-state index in [-0.39, 0.29) is 27.0 Å². The number of rotatable bonds is 6. The third kappa shape index (κ3) is 13.6. The molecule has 0 aliphatic rings. The van der Waals surface area contributed by atoms with E-state index in [0.717, 1.165) is 12.8 Å². The molecule has 0 N–H and O–H groups in total. The van der Waals surface area contributed by atoms with Crippen molar-refractivity contribution in [3.05, 3.63) is 0 Å². The fourth-order valence-electron chi connectivity index (χ4n) is 0.451. The van der Waals surface area contributed by atoms with Crippen LogP contribution >= 0.6 is 44.9 Å². The van der Waals surface area contributed by atoms with E-state index < -0.39 is 5.69 Å². The quantitative estimate of drug-likeness (QED) is 0.596. The third-order valence-electron chi connectivity index (χ3n) is 0.917. The van der Waals surface area contributed by atoms with Crippen LogP contribution in [0.3, 0.4) is 0 Å². The molecule has 0 atom stereocenters. The van der Waals surface area contributed by atoms with Gasteiger partial charge < -0.3 is 9.05 Å². The molecule has 0 rings (SSSR count). The van der Waals surface area contributed by atoms with Crippen LogP contribution in [0.1, 0.15) is 26.7 Å². The summed E-state index contributed by atoms with van der Waals surface area (Å²) in [6, 6.07) is 0. The molecule has 0 bridgehead atoms. The van der Waals surface area contributed by atoms with E-state index in [1.807, 2.05) is 13.8 Å². The highest BCUT2D eigenvalue weighted by Crippen LogP contribution is 2.53. The first-order valence-corrected chi connectivity index (χ1v) is 7.53. The number of hydrogen-bond acceptors (Lipinski definition) is 3. The van der Waals surface area contributed by atoms with Crippen LogP contribution in [0.15, 0.2) is 0 Å². The van der Waals surface area contributed by atoms with Crippen LogP contribution in [0.5, 0.6) is 0 Å². The number of hydrogen-bond donors (Lipinski definition) is 1. The van der Waals surface area contributed by atoms with Gasteiger partial charge in [0.2, 0.25) is 5.69 Å². The zero-order valence-electron chi connectivity index (χ0n) is 7.95. The molecule has 0 saturated heterocycles. The minimum absolute atomic E-state index is 0. The second kappa shape index (κ2) is 11.7. The van der Waals surface area contributed by atoms with Gasteiger partial charge in [0, 0.05) is 0 Å². The van der Waals surface area contributed by atoms with Gasteiger partial charge in [-0.2, -0.15) is 27.0 Å². The Morgan fingerprint density at radius 3 is 1.62 bits per heavy atom. The zero-order chi connectivity index (χ0) is 8.74. The normalized spacial score (nSPS) is 10.1. The second-order valence-electron chi connectivity index (χ2n) is 2.14. The van der Waals surface area contributed by atoms with E-state index in [1.165, 1.54) is 0 Å². The highest BCUT2D eigenvalue weighted by molar-refractivity contribution is 8.60.